The van der Waals surface area contributed by atoms with Crippen molar-refractivity contribution in [2.75, 3.05) is 37.9 Å². The van der Waals surface area contributed by atoms with Gasteiger partial charge in [0.2, 0.25) is 5.88 Å². The molecule has 0 aromatic carbocycles. The number of hydrogen-bond donors (Lipinski definition) is 2. The summed E-state index contributed by atoms with van der Waals surface area (Å²) in [5.74, 6) is 0.160. The van der Waals surface area contributed by atoms with Gasteiger partial charge in [-0.05, 0) is 51.6 Å². The first-order valence-electron chi connectivity index (χ1n) is 11.8. The number of thiazole rings is 1. The molecule has 192 valence electrons. The molecule has 0 saturated carbocycles. The molecule has 0 radical (unpaired) electrons. The summed E-state index contributed by atoms with van der Waals surface area (Å²) in [5.41, 5.74) is 2.74. The van der Waals surface area contributed by atoms with Crippen LogP contribution in [0.3, 0.4) is 0 Å². The second-order valence-electron chi connectivity index (χ2n) is 8.77. The normalized spacial score (nSPS) is 15.6. The Hall–Kier alpha value is -4.03. The molecule has 1 aliphatic rings. The molecule has 5 heterocycles. The lowest BCUT2D eigenvalue weighted by atomic mass is 10.2. The van der Waals surface area contributed by atoms with Crippen molar-refractivity contribution in [1.82, 2.24) is 24.5 Å². The summed E-state index contributed by atoms with van der Waals surface area (Å²) in [7, 11) is 3.59. The predicted molar refractivity (Wildman–Crippen MR) is 140 cm³/mol. The average Bonchev–Trinajstić information content (AvgIpc) is 3.60. The van der Waals surface area contributed by atoms with Gasteiger partial charge in [-0.25, -0.2) is 14.3 Å². The Labute approximate surface area is 217 Å². The first-order chi connectivity index (χ1) is 17.9. The topological polar surface area (TPSA) is 123 Å². The molecule has 5 rings (SSSR count). The molecule has 2 amide bonds. The molecule has 2 N–H and O–H groups in total. The number of fused-ring (bicyclic) bond motifs is 1. The molecule has 12 heteroatoms. The Kier molecular flexibility index (Phi) is 7.01. The Morgan fingerprint density at radius 1 is 1.24 bits per heavy atom. The Morgan fingerprint density at radius 3 is 2.89 bits per heavy atom. The maximum Gasteiger partial charge on any atom is 0.411 e. The van der Waals surface area contributed by atoms with Gasteiger partial charge >= 0.3 is 6.09 Å². The molecule has 1 atom stereocenters. The van der Waals surface area contributed by atoms with Crippen molar-refractivity contribution in [3.05, 3.63) is 54.2 Å². The number of amides is 2. The number of ether oxygens (including phenoxy) is 2. The van der Waals surface area contributed by atoms with Gasteiger partial charge < -0.3 is 19.7 Å². The number of anilines is 2. The van der Waals surface area contributed by atoms with Crippen LogP contribution in [0.15, 0.2) is 43.0 Å². The van der Waals surface area contributed by atoms with E-state index in [9.17, 15) is 9.59 Å². The van der Waals surface area contributed by atoms with Gasteiger partial charge in [-0.1, -0.05) is 0 Å². The van der Waals surface area contributed by atoms with E-state index in [0.717, 1.165) is 29.8 Å². The van der Waals surface area contributed by atoms with Crippen molar-refractivity contribution in [3.8, 4) is 16.3 Å². The van der Waals surface area contributed by atoms with Crippen LogP contribution >= 0.6 is 11.3 Å². The quantitative estimate of drug-likeness (QED) is 0.373. The fraction of sp³-hybridized carbons (Fsp3) is 0.320. The highest BCUT2D eigenvalue weighted by Gasteiger charge is 2.23. The van der Waals surface area contributed by atoms with Crippen LogP contribution in [0.5, 0.6) is 5.88 Å². The molecule has 0 aliphatic carbocycles. The minimum atomic E-state index is -0.557. The second-order valence-corrected chi connectivity index (χ2v) is 9.81. The van der Waals surface area contributed by atoms with E-state index in [1.54, 1.807) is 30.8 Å². The second kappa shape index (κ2) is 10.5. The summed E-state index contributed by atoms with van der Waals surface area (Å²) in [6, 6.07) is 5.63. The number of nitrogens with zero attached hydrogens (tertiary/aromatic N) is 5. The van der Waals surface area contributed by atoms with Gasteiger partial charge in [-0.2, -0.15) is 5.10 Å². The Bertz CT molecular complexity index is 1450. The first-order valence-corrected chi connectivity index (χ1v) is 12.6. The fourth-order valence-electron chi connectivity index (χ4n) is 4.24. The SMILES string of the molecule is COc1ncccc1-c1cn2ncc(C(=O)Nc3cc(NC(=O)OC[C@@H]4CCCN4C)cnc3C)c2s1. The van der Waals surface area contributed by atoms with E-state index in [0.29, 0.717) is 39.9 Å². The van der Waals surface area contributed by atoms with E-state index in [1.165, 1.54) is 23.7 Å². The number of aromatic nitrogens is 4. The zero-order chi connectivity index (χ0) is 25.9. The highest BCUT2D eigenvalue weighted by atomic mass is 32.1. The van der Waals surface area contributed by atoms with Crippen LogP contribution in [0.2, 0.25) is 0 Å². The van der Waals surface area contributed by atoms with Gasteiger partial charge in [0.05, 0.1) is 52.6 Å². The summed E-state index contributed by atoms with van der Waals surface area (Å²) in [6.45, 7) is 3.12. The number of hydrogen-bond acceptors (Lipinski definition) is 9. The Morgan fingerprint density at radius 2 is 2.11 bits per heavy atom. The fourth-order valence-corrected chi connectivity index (χ4v) is 5.32. The number of likely N-dealkylation sites (N-methyl/N-ethyl adjacent to an activating group) is 1. The number of aryl methyl sites for hydroxylation is 1. The lowest BCUT2D eigenvalue weighted by molar-refractivity contribution is 0.102. The lowest BCUT2D eigenvalue weighted by Crippen LogP contribution is -2.31. The standard InChI is InChI=1S/C25H27N7O4S/c1-15-20(10-16(11-27-15)29-25(34)36-14-17-6-5-9-31(17)2)30-22(33)19-12-28-32-13-21(37-24(19)32)18-7-4-8-26-23(18)35-3/h4,7-8,10-13,17H,5-6,9,14H2,1-3H3,(H,29,34)(H,30,33)/t17-/m0/s1. The zero-order valence-corrected chi connectivity index (χ0v) is 21.5. The molecule has 0 unspecified atom stereocenters. The zero-order valence-electron chi connectivity index (χ0n) is 20.7. The number of carbonyl (C=O) groups is 2. The molecular weight excluding hydrogens is 494 g/mol. The molecule has 4 aromatic heterocycles. The molecule has 1 saturated heterocycles. The number of nitrogens with one attached hydrogen (secondary N) is 2. The first kappa shape index (κ1) is 24.7. The molecular formula is C25H27N7O4S. The maximum atomic E-state index is 13.2. The summed E-state index contributed by atoms with van der Waals surface area (Å²) in [4.78, 5) is 37.8. The van der Waals surface area contributed by atoms with Crippen LogP contribution < -0.4 is 15.4 Å². The number of likely N-dealkylation sites (tertiary alicyclic amines) is 1. The van der Waals surface area contributed by atoms with E-state index < -0.39 is 6.09 Å². The highest BCUT2D eigenvalue weighted by Crippen LogP contribution is 2.35. The molecule has 11 nitrogen and oxygen atoms in total. The largest absolute Gasteiger partial charge is 0.481 e. The average molecular weight is 522 g/mol. The third-order valence-electron chi connectivity index (χ3n) is 6.33. The van der Waals surface area contributed by atoms with E-state index in [-0.39, 0.29) is 11.9 Å². The van der Waals surface area contributed by atoms with Crippen molar-refractivity contribution < 1.29 is 19.1 Å². The van der Waals surface area contributed by atoms with Crippen LogP contribution in [0.4, 0.5) is 16.2 Å². The van der Waals surface area contributed by atoms with Crippen molar-refractivity contribution in [1.29, 1.82) is 0 Å². The monoisotopic (exact) mass is 521 g/mol. The number of rotatable bonds is 7. The van der Waals surface area contributed by atoms with Gasteiger partial charge in [0, 0.05) is 18.4 Å². The van der Waals surface area contributed by atoms with E-state index >= 15 is 0 Å². The predicted octanol–water partition coefficient (Wildman–Crippen LogP) is 4.06. The van der Waals surface area contributed by atoms with Gasteiger partial charge in [0.15, 0.2) is 0 Å². The van der Waals surface area contributed by atoms with Crippen LogP contribution in [-0.4, -0.2) is 69.8 Å². The number of carbonyl (C=O) groups excluding carboxylic acids is 2. The lowest BCUT2D eigenvalue weighted by Gasteiger charge is -2.19. The highest BCUT2D eigenvalue weighted by molar-refractivity contribution is 7.21. The Balaban J connectivity index is 1.29. The van der Waals surface area contributed by atoms with Crippen molar-refractivity contribution in [2.24, 2.45) is 0 Å². The summed E-state index contributed by atoms with van der Waals surface area (Å²) >= 11 is 1.41. The third kappa shape index (κ3) is 5.25. The summed E-state index contributed by atoms with van der Waals surface area (Å²) < 4.78 is 12.4. The minimum Gasteiger partial charge on any atom is -0.481 e. The van der Waals surface area contributed by atoms with E-state index in [4.69, 9.17) is 9.47 Å². The smallest absolute Gasteiger partial charge is 0.411 e. The molecule has 37 heavy (non-hydrogen) atoms. The third-order valence-corrected chi connectivity index (χ3v) is 7.48. The van der Waals surface area contributed by atoms with Gasteiger partial charge in [0.1, 0.15) is 11.4 Å². The van der Waals surface area contributed by atoms with Crippen LogP contribution in [0.1, 0.15) is 28.9 Å². The molecule has 1 aliphatic heterocycles. The van der Waals surface area contributed by atoms with Crippen LogP contribution in [0.25, 0.3) is 15.3 Å². The molecule has 0 bridgehead atoms. The van der Waals surface area contributed by atoms with Crippen molar-refractivity contribution >= 4 is 39.5 Å². The van der Waals surface area contributed by atoms with E-state index in [2.05, 4.69) is 30.6 Å². The number of methoxy groups -OCH3 is 1. The van der Waals surface area contributed by atoms with Crippen molar-refractivity contribution in [3.63, 3.8) is 0 Å². The van der Waals surface area contributed by atoms with Crippen LogP contribution in [0, 0.1) is 6.92 Å². The summed E-state index contributed by atoms with van der Waals surface area (Å²) in [6.07, 6.45) is 8.10. The summed E-state index contributed by atoms with van der Waals surface area (Å²) in [5, 5.41) is 9.91. The van der Waals surface area contributed by atoms with Gasteiger partial charge in [0.25, 0.3) is 5.91 Å². The van der Waals surface area contributed by atoms with E-state index in [1.807, 2.05) is 25.4 Å². The maximum absolute atomic E-state index is 13.2. The van der Waals surface area contributed by atoms with Gasteiger partial charge in [-0.3, -0.25) is 15.1 Å². The molecule has 4 aromatic rings. The van der Waals surface area contributed by atoms with Crippen LogP contribution in [-0.2, 0) is 4.74 Å². The molecule has 1 fully saturated rings. The number of pyridine rings is 2. The van der Waals surface area contributed by atoms with Gasteiger partial charge in [-0.15, -0.1) is 11.3 Å². The van der Waals surface area contributed by atoms with Crippen molar-refractivity contribution in [2.45, 2.75) is 25.8 Å². The minimum absolute atomic E-state index is 0.238. The molecule has 0 spiro atoms.